The molecule has 0 aliphatic heterocycles. The Kier molecular flexibility index (Phi) is 3.06. The summed E-state index contributed by atoms with van der Waals surface area (Å²) in [6.45, 7) is 2.19. The van der Waals surface area contributed by atoms with Gasteiger partial charge < -0.3 is 0 Å². The fourth-order valence-electron chi connectivity index (χ4n) is 5.02. The van der Waals surface area contributed by atoms with E-state index >= 15 is 0 Å². The van der Waals surface area contributed by atoms with Crippen LogP contribution in [0.15, 0.2) is 48.6 Å². The minimum atomic E-state index is 0.721. The molecule has 0 heteroatoms. The number of fused-ring (bicyclic) bond motifs is 3. The molecular weight excluding hydrogens is 240 g/mol. The predicted octanol–water partition coefficient (Wildman–Crippen LogP) is 5.26. The van der Waals surface area contributed by atoms with E-state index in [1.807, 2.05) is 0 Å². The first-order chi connectivity index (χ1) is 9.84. The zero-order valence-corrected chi connectivity index (χ0v) is 12.3. The number of rotatable bonds is 1. The fourth-order valence-corrected chi connectivity index (χ4v) is 5.02. The van der Waals surface area contributed by atoms with E-state index in [0.29, 0.717) is 0 Å². The van der Waals surface area contributed by atoms with Gasteiger partial charge in [-0.05, 0) is 67.8 Å². The van der Waals surface area contributed by atoms with Crippen LogP contribution >= 0.6 is 0 Å². The van der Waals surface area contributed by atoms with Gasteiger partial charge in [-0.3, -0.25) is 0 Å². The molecule has 3 aliphatic rings. The third-order valence-electron chi connectivity index (χ3n) is 5.88. The highest BCUT2D eigenvalue weighted by Gasteiger charge is 2.49. The molecule has 0 spiro atoms. The average Bonchev–Trinajstić information content (AvgIpc) is 2.83. The highest BCUT2D eigenvalue weighted by atomic mass is 14.5. The standard InChI is InChI=1S/C20H24/c1-14-10-12-15(13-11-14)20-18-8-4-2-6-16(18)17-7-3-5-9-19(17)20/h4-5,8-13,16-20H,2-3,6-7H2,1H3/t16-,17+,18-,19-,20?/m1/s1. The van der Waals surface area contributed by atoms with Crippen LogP contribution in [0, 0.1) is 30.6 Å². The van der Waals surface area contributed by atoms with Crippen molar-refractivity contribution in [3.05, 3.63) is 59.7 Å². The molecule has 0 nitrogen and oxygen atoms in total. The second kappa shape index (κ2) is 4.91. The molecule has 1 unspecified atom stereocenters. The Bertz CT molecular complexity index is 506. The van der Waals surface area contributed by atoms with Gasteiger partial charge in [0.1, 0.15) is 0 Å². The topological polar surface area (TPSA) is 0 Å². The SMILES string of the molecule is Cc1ccc(C2[C@@H]3C=CCC[C@@H]3[C@@H]3CCC=C[C@@H]23)cc1. The van der Waals surface area contributed by atoms with Gasteiger partial charge in [0, 0.05) is 0 Å². The lowest BCUT2D eigenvalue weighted by Gasteiger charge is -2.28. The first-order valence-electron chi connectivity index (χ1n) is 8.24. The van der Waals surface area contributed by atoms with E-state index in [4.69, 9.17) is 0 Å². The minimum Gasteiger partial charge on any atom is -0.0882 e. The molecule has 1 fully saturated rings. The quantitative estimate of drug-likeness (QED) is 0.607. The Morgan fingerprint density at radius 2 is 1.35 bits per heavy atom. The third-order valence-corrected chi connectivity index (χ3v) is 5.88. The molecule has 0 heterocycles. The highest BCUT2D eigenvalue weighted by Crippen LogP contribution is 2.57. The van der Waals surface area contributed by atoms with Gasteiger partial charge in [-0.1, -0.05) is 54.1 Å². The van der Waals surface area contributed by atoms with Crippen LogP contribution in [0.5, 0.6) is 0 Å². The summed E-state index contributed by atoms with van der Waals surface area (Å²) < 4.78 is 0. The lowest BCUT2D eigenvalue weighted by molar-refractivity contribution is 0.276. The molecule has 0 radical (unpaired) electrons. The van der Waals surface area contributed by atoms with Crippen molar-refractivity contribution in [2.24, 2.45) is 23.7 Å². The number of aryl methyl sites for hydroxylation is 1. The van der Waals surface area contributed by atoms with E-state index in [1.54, 1.807) is 5.56 Å². The highest BCUT2D eigenvalue weighted by molar-refractivity contribution is 5.32. The molecule has 5 atom stereocenters. The average molecular weight is 264 g/mol. The van der Waals surface area contributed by atoms with E-state index < -0.39 is 0 Å². The largest absolute Gasteiger partial charge is 0.0882 e. The van der Waals surface area contributed by atoms with Crippen LogP contribution in [0.4, 0.5) is 0 Å². The van der Waals surface area contributed by atoms with Gasteiger partial charge in [0.05, 0.1) is 0 Å². The van der Waals surface area contributed by atoms with E-state index in [9.17, 15) is 0 Å². The molecule has 0 saturated heterocycles. The molecule has 20 heavy (non-hydrogen) atoms. The minimum absolute atomic E-state index is 0.721. The number of allylic oxidation sites excluding steroid dienone is 4. The maximum absolute atomic E-state index is 2.55. The van der Waals surface area contributed by atoms with Crippen LogP contribution in [0.1, 0.15) is 42.7 Å². The smallest absolute Gasteiger partial charge is 0.00306 e. The molecule has 104 valence electrons. The summed E-state index contributed by atoms with van der Waals surface area (Å²) in [6, 6.07) is 9.34. The fraction of sp³-hybridized carbons (Fsp3) is 0.500. The molecule has 1 aromatic rings. The van der Waals surface area contributed by atoms with Crippen molar-refractivity contribution in [3.63, 3.8) is 0 Å². The van der Waals surface area contributed by atoms with Gasteiger partial charge in [0.25, 0.3) is 0 Å². The van der Waals surface area contributed by atoms with Crippen molar-refractivity contribution in [1.29, 1.82) is 0 Å². The molecule has 0 amide bonds. The Labute approximate surface area is 122 Å². The van der Waals surface area contributed by atoms with Gasteiger partial charge in [0.2, 0.25) is 0 Å². The van der Waals surface area contributed by atoms with Crippen molar-refractivity contribution < 1.29 is 0 Å². The van der Waals surface area contributed by atoms with Crippen molar-refractivity contribution >= 4 is 0 Å². The number of benzene rings is 1. The number of hydrogen-bond donors (Lipinski definition) is 0. The van der Waals surface area contributed by atoms with Crippen LogP contribution in [-0.2, 0) is 0 Å². The zero-order valence-electron chi connectivity index (χ0n) is 12.3. The lowest BCUT2D eigenvalue weighted by atomic mass is 9.77. The summed E-state index contributed by atoms with van der Waals surface area (Å²) >= 11 is 0. The van der Waals surface area contributed by atoms with Crippen LogP contribution in [0.3, 0.4) is 0 Å². The molecule has 0 bridgehead atoms. The summed E-state index contributed by atoms with van der Waals surface area (Å²) in [5.74, 6) is 4.15. The van der Waals surface area contributed by atoms with Gasteiger partial charge in [-0.15, -0.1) is 0 Å². The summed E-state index contributed by atoms with van der Waals surface area (Å²) in [4.78, 5) is 0. The van der Waals surface area contributed by atoms with Crippen molar-refractivity contribution in [1.82, 2.24) is 0 Å². The van der Waals surface area contributed by atoms with Gasteiger partial charge >= 0.3 is 0 Å². The molecule has 1 saturated carbocycles. The summed E-state index contributed by atoms with van der Waals surface area (Å²) in [5, 5.41) is 0. The first kappa shape index (κ1) is 12.4. The second-order valence-corrected chi connectivity index (χ2v) is 6.93. The first-order valence-corrected chi connectivity index (χ1v) is 8.24. The summed E-state index contributed by atoms with van der Waals surface area (Å²) in [6.07, 6.45) is 15.4. The number of hydrogen-bond acceptors (Lipinski definition) is 0. The maximum atomic E-state index is 2.55. The van der Waals surface area contributed by atoms with E-state index in [1.165, 1.54) is 31.2 Å². The van der Waals surface area contributed by atoms with Crippen LogP contribution in [-0.4, -0.2) is 0 Å². The Morgan fingerprint density at radius 3 is 1.90 bits per heavy atom. The monoisotopic (exact) mass is 264 g/mol. The summed E-state index contributed by atoms with van der Waals surface area (Å²) in [5.41, 5.74) is 2.94. The maximum Gasteiger partial charge on any atom is -0.00306 e. The molecule has 0 N–H and O–H groups in total. The lowest BCUT2D eigenvalue weighted by Crippen LogP contribution is -2.19. The van der Waals surface area contributed by atoms with Crippen molar-refractivity contribution in [2.75, 3.05) is 0 Å². The van der Waals surface area contributed by atoms with E-state index in [0.717, 1.165) is 29.6 Å². The zero-order chi connectivity index (χ0) is 13.5. The van der Waals surface area contributed by atoms with Gasteiger partial charge in [0.15, 0.2) is 0 Å². The van der Waals surface area contributed by atoms with Crippen LogP contribution < -0.4 is 0 Å². The van der Waals surface area contributed by atoms with Crippen molar-refractivity contribution in [2.45, 2.75) is 38.5 Å². The van der Waals surface area contributed by atoms with E-state index in [2.05, 4.69) is 55.5 Å². The predicted molar refractivity (Wildman–Crippen MR) is 84.6 cm³/mol. The summed E-state index contributed by atoms with van der Waals surface area (Å²) in [7, 11) is 0. The second-order valence-electron chi connectivity index (χ2n) is 6.93. The van der Waals surface area contributed by atoms with Gasteiger partial charge in [-0.2, -0.15) is 0 Å². The van der Waals surface area contributed by atoms with Crippen LogP contribution in [0.25, 0.3) is 0 Å². The normalized spacial score (nSPS) is 35.9. The third kappa shape index (κ3) is 1.89. The van der Waals surface area contributed by atoms with Crippen molar-refractivity contribution in [3.8, 4) is 0 Å². The Balaban J connectivity index is 1.76. The molecule has 0 aromatic heterocycles. The van der Waals surface area contributed by atoms with E-state index in [-0.39, 0.29) is 0 Å². The Morgan fingerprint density at radius 1 is 0.800 bits per heavy atom. The van der Waals surface area contributed by atoms with Crippen LogP contribution in [0.2, 0.25) is 0 Å². The Hall–Kier alpha value is -1.30. The molecule has 4 rings (SSSR count). The molecular formula is C20H24. The van der Waals surface area contributed by atoms with Gasteiger partial charge in [-0.25, -0.2) is 0 Å². The molecule has 1 aromatic carbocycles. The molecule has 3 aliphatic carbocycles.